The molecule has 1 saturated heterocycles. The van der Waals surface area contributed by atoms with Crippen molar-refractivity contribution in [2.45, 2.75) is 53.1 Å². The van der Waals surface area contributed by atoms with Crippen LogP contribution in [0.1, 0.15) is 47.5 Å². The number of amides is 1. The fourth-order valence-corrected chi connectivity index (χ4v) is 5.01. The first-order chi connectivity index (χ1) is 14.3. The summed E-state index contributed by atoms with van der Waals surface area (Å²) in [6.45, 7) is 12.0. The first-order valence-electron chi connectivity index (χ1n) is 10.5. The maximum Gasteiger partial charge on any atom is 0.411 e. The summed E-state index contributed by atoms with van der Waals surface area (Å²) < 4.78 is 13.1. The third-order valence-corrected chi connectivity index (χ3v) is 6.72. The van der Waals surface area contributed by atoms with Crippen molar-refractivity contribution in [2.75, 3.05) is 56.1 Å². The zero-order valence-corrected chi connectivity index (χ0v) is 20.4. The Morgan fingerprint density at radius 1 is 1.17 bits per heavy atom. The maximum absolute atomic E-state index is 11.4. The fraction of sp³-hybridized carbons (Fsp3) is 0.667. The van der Waals surface area contributed by atoms with E-state index in [1.165, 1.54) is 26.1 Å². The van der Waals surface area contributed by atoms with Crippen LogP contribution in [0.2, 0.25) is 0 Å². The SMILES string of the molecule is CC.CONc1cc(NC(=O)OC)ccc1NCP1CCCCN1COC(C)(C)C. The van der Waals surface area contributed by atoms with Crippen molar-refractivity contribution < 1.29 is 19.1 Å². The third-order valence-electron chi connectivity index (χ3n) is 4.24. The second-order valence-electron chi connectivity index (χ2n) is 7.57. The summed E-state index contributed by atoms with van der Waals surface area (Å²) in [6.07, 6.45) is 4.03. The highest BCUT2D eigenvalue weighted by molar-refractivity contribution is 7.55. The molecule has 3 N–H and O–H groups in total. The van der Waals surface area contributed by atoms with E-state index in [9.17, 15) is 4.79 Å². The minimum atomic E-state index is -0.510. The molecule has 1 amide bonds. The zero-order chi connectivity index (χ0) is 22.6. The van der Waals surface area contributed by atoms with Gasteiger partial charge in [-0.1, -0.05) is 13.8 Å². The van der Waals surface area contributed by atoms with Gasteiger partial charge in [0.1, 0.15) is 6.73 Å². The van der Waals surface area contributed by atoms with Crippen LogP contribution in [0.3, 0.4) is 0 Å². The van der Waals surface area contributed by atoms with E-state index in [1.807, 2.05) is 26.0 Å². The Balaban J connectivity index is 0.00000218. The van der Waals surface area contributed by atoms with Crippen LogP contribution in [0, 0.1) is 0 Å². The molecule has 2 rings (SSSR count). The standard InChI is InChI=1S/C19H33N4O4P.C2H6/c1-19(2,3)27-14-23-10-6-7-11-28(23)13-20-16-9-8-15(21-18(24)25-4)12-17(16)22-26-5;1-2/h8-9,12,20,22H,6-7,10-11,13-14H2,1-5H3,(H,21,24);1-2H3. The Morgan fingerprint density at radius 2 is 1.90 bits per heavy atom. The Hall–Kier alpha value is -1.60. The summed E-state index contributed by atoms with van der Waals surface area (Å²) in [7, 11) is 2.57. The van der Waals surface area contributed by atoms with Gasteiger partial charge in [0.15, 0.2) is 0 Å². The minimum Gasteiger partial charge on any atom is -0.453 e. The van der Waals surface area contributed by atoms with E-state index in [1.54, 1.807) is 13.2 Å². The molecular formula is C21H39N4O4P. The summed E-state index contributed by atoms with van der Waals surface area (Å²) in [5.41, 5.74) is 5.03. The molecule has 1 fully saturated rings. The van der Waals surface area contributed by atoms with Gasteiger partial charge in [-0.25, -0.2) is 4.79 Å². The predicted octanol–water partition coefficient (Wildman–Crippen LogP) is 5.50. The first kappa shape index (κ1) is 26.4. The second kappa shape index (κ2) is 13.7. The molecular weight excluding hydrogens is 403 g/mol. The van der Waals surface area contributed by atoms with Crippen molar-refractivity contribution in [2.24, 2.45) is 0 Å². The summed E-state index contributed by atoms with van der Waals surface area (Å²) in [4.78, 5) is 16.5. The molecule has 30 heavy (non-hydrogen) atoms. The minimum absolute atomic E-state index is 0.135. The van der Waals surface area contributed by atoms with Crippen LogP contribution in [0.5, 0.6) is 0 Å². The number of nitrogens with one attached hydrogen (secondary N) is 3. The van der Waals surface area contributed by atoms with E-state index in [0.29, 0.717) is 12.4 Å². The number of anilines is 3. The van der Waals surface area contributed by atoms with Crippen LogP contribution < -0.4 is 16.1 Å². The first-order valence-corrected chi connectivity index (χ1v) is 12.1. The molecule has 1 heterocycles. The molecule has 1 aromatic rings. The highest BCUT2D eigenvalue weighted by Crippen LogP contribution is 2.44. The van der Waals surface area contributed by atoms with Gasteiger partial charge in [-0.15, -0.1) is 0 Å². The molecule has 0 bridgehead atoms. The van der Waals surface area contributed by atoms with Crippen molar-refractivity contribution in [3.63, 3.8) is 0 Å². The van der Waals surface area contributed by atoms with Crippen molar-refractivity contribution in [1.29, 1.82) is 0 Å². The van der Waals surface area contributed by atoms with Crippen LogP contribution in [0.15, 0.2) is 18.2 Å². The van der Waals surface area contributed by atoms with E-state index in [-0.39, 0.29) is 13.7 Å². The predicted molar refractivity (Wildman–Crippen MR) is 126 cm³/mol. The molecule has 8 nitrogen and oxygen atoms in total. The number of benzene rings is 1. The van der Waals surface area contributed by atoms with Crippen LogP contribution in [0.4, 0.5) is 21.9 Å². The molecule has 1 aliphatic heterocycles. The average Bonchev–Trinajstić information content (AvgIpc) is 2.73. The number of hydrogen-bond acceptors (Lipinski definition) is 7. The summed E-state index contributed by atoms with van der Waals surface area (Å²) >= 11 is 0. The van der Waals surface area contributed by atoms with E-state index < -0.39 is 6.09 Å². The van der Waals surface area contributed by atoms with Gasteiger partial charge in [0.25, 0.3) is 0 Å². The maximum atomic E-state index is 11.4. The molecule has 1 atom stereocenters. The molecule has 0 saturated carbocycles. The highest BCUT2D eigenvalue weighted by atomic mass is 31.1. The molecule has 0 spiro atoms. The molecule has 1 unspecified atom stereocenters. The Morgan fingerprint density at radius 3 is 2.53 bits per heavy atom. The van der Waals surface area contributed by atoms with Gasteiger partial charge in [-0.3, -0.25) is 20.3 Å². The van der Waals surface area contributed by atoms with Crippen LogP contribution in [0.25, 0.3) is 0 Å². The zero-order valence-electron chi connectivity index (χ0n) is 19.5. The van der Waals surface area contributed by atoms with Gasteiger partial charge in [-0.05, 0) is 66.0 Å². The Labute approximate surface area is 182 Å². The number of carbonyl (C=O) groups excluding carboxylic acids is 1. The Kier molecular flexibility index (Phi) is 12.0. The lowest BCUT2D eigenvalue weighted by atomic mass is 10.2. The third kappa shape index (κ3) is 9.47. The number of methoxy groups -OCH3 is 1. The quantitative estimate of drug-likeness (QED) is 0.362. The van der Waals surface area contributed by atoms with Crippen molar-refractivity contribution in [3.8, 4) is 0 Å². The van der Waals surface area contributed by atoms with Gasteiger partial charge < -0.3 is 14.8 Å². The fourth-order valence-electron chi connectivity index (χ4n) is 2.78. The molecule has 0 radical (unpaired) electrons. The van der Waals surface area contributed by atoms with Crippen LogP contribution >= 0.6 is 8.07 Å². The van der Waals surface area contributed by atoms with Crippen LogP contribution in [-0.4, -0.2) is 56.3 Å². The van der Waals surface area contributed by atoms with E-state index in [4.69, 9.17) is 9.57 Å². The Bertz CT molecular complexity index is 640. The lowest BCUT2D eigenvalue weighted by Gasteiger charge is -2.37. The molecule has 0 aliphatic carbocycles. The molecule has 172 valence electrons. The van der Waals surface area contributed by atoms with Crippen molar-refractivity contribution >= 4 is 31.2 Å². The molecule has 0 aromatic heterocycles. The summed E-state index contributed by atoms with van der Waals surface area (Å²) in [5.74, 6) is 0. The summed E-state index contributed by atoms with van der Waals surface area (Å²) in [5, 5.41) is 6.19. The van der Waals surface area contributed by atoms with E-state index in [2.05, 4.69) is 46.3 Å². The van der Waals surface area contributed by atoms with Gasteiger partial charge in [-0.2, -0.15) is 0 Å². The van der Waals surface area contributed by atoms with Gasteiger partial charge in [0, 0.05) is 18.5 Å². The number of carbonyl (C=O) groups is 1. The molecule has 1 aliphatic rings. The monoisotopic (exact) mass is 442 g/mol. The smallest absolute Gasteiger partial charge is 0.411 e. The van der Waals surface area contributed by atoms with E-state index in [0.717, 1.165) is 24.2 Å². The second-order valence-corrected chi connectivity index (χ2v) is 9.91. The topological polar surface area (TPSA) is 84.1 Å². The number of ether oxygens (including phenoxy) is 2. The largest absolute Gasteiger partial charge is 0.453 e. The van der Waals surface area contributed by atoms with Gasteiger partial charge in [0.05, 0.1) is 31.2 Å². The van der Waals surface area contributed by atoms with Gasteiger partial charge >= 0.3 is 6.09 Å². The summed E-state index contributed by atoms with van der Waals surface area (Å²) in [6, 6.07) is 5.55. The lowest BCUT2D eigenvalue weighted by molar-refractivity contribution is -0.0396. The molecule has 9 heteroatoms. The average molecular weight is 443 g/mol. The molecule has 1 aromatic carbocycles. The number of nitrogens with zero attached hydrogens (tertiary/aromatic N) is 1. The highest BCUT2D eigenvalue weighted by Gasteiger charge is 2.24. The van der Waals surface area contributed by atoms with Gasteiger partial charge in [0.2, 0.25) is 0 Å². The lowest BCUT2D eigenvalue weighted by Crippen LogP contribution is -2.33. The van der Waals surface area contributed by atoms with Crippen molar-refractivity contribution in [1.82, 2.24) is 4.67 Å². The van der Waals surface area contributed by atoms with E-state index >= 15 is 0 Å². The number of hydrogen-bond donors (Lipinski definition) is 3. The number of rotatable bonds is 8. The normalized spacial score (nSPS) is 16.8. The van der Waals surface area contributed by atoms with Crippen LogP contribution in [-0.2, 0) is 14.3 Å². The van der Waals surface area contributed by atoms with Crippen molar-refractivity contribution in [3.05, 3.63) is 18.2 Å².